The smallest absolute Gasteiger partial charge is 0.136 e. The van der Waals surface area contributed by atoms with E-state index in [1.54, 1.807) is 0 Å². The molecule has 3 aliphatic rings. The molecule has 3 rings (SSSR count). The molecule has 3 fully saturated rings. The van der Waals surface area contributed by atoms with Crippen molar-refractivity contribution in [3.63, 3.8) is 0 Å². The molecule has 3 heteroatoms. The molecule has 6 atom stereocenters. The van der Waals surface area contributed by atoms with E-state index in [2.05, 4.69) is 0 Å². The van der Waals surface area contributed by atoms with E-state index in [4.69, 9.17) is 23.2 Å². The predicted molar refractivity (Wildman–Crippen MR) is 79.8 cm³/mol. The van der Waals surface area contributed by atoms with Crippen LogP contribution in [0.15, 0.2) is 0 Å². The third kappa shape index (κ3) is 2.83. The highest BCUT2D eigenvalue weighted by atomic mass is 35.5. The molecule has 0 aromatic heterocycles. The van der Waals surface area contributed by atoms with Crippen molar-refractivity contribution in [2.24, 2.45) is 23.7 Å². The Labute approximate surface area is 126 Å². The van der Waals surface area contributed by atoms with Crippen LogP contribution >= 0.6 is 23.2 Å². The fourth-order valence-corrected chi connectivity index (χ4v) is 5.45. The highest BCUT2D eigenvalue weighted by Gasteiger charge is 2.44. The summed E-state index contributed by atoms with van der Waals surface area (Å²) in [4.78, 5) is 12.1. The van der Waals surface area contributed by atoms with Gasteiger partial charge in [0.2, 0.25) is 0 Å². The summed E-state index contributed by atoms with van der Waals surface area (Å²) in [6, 6.07) is 0. The Balaban J connectivity index is 1.71. The summed E-state index contributed by atoms with van der Waals surface area (Å²) < 4.78 is 0. The van der Waals surface area contributed by atoms with Gasteiger partial charge in [-0.25, -0.2) is 0 Å². The normalized spacial score (nSPS) is 47.8. The lowest BCUT2D eigenvalue weighted by Crippen LogP contribution is -2.42. The Morgan fingerprint density at radius 3 is 2.42 bits per heavy atom. The molecule has 1 nitrogen and oxygen atoms in total. The van der Waals surface area contributed by atoms with Gasteiger partial charge in [-0.15, -0.1) is 23.2 Å². The van der Waals surface area contributed by atoms with Gasteiger partial charge in [-0.2, -0.15) is 0 Å². The number of hydrogen-bond donors (Lipinski definition) is 0. The maximum Gasteiger partial charge on any atom is 0.136 e. The van der Waals surface area contributed by atoms with Gasteiger partial charge >= 0.3 is 0 Å². The fourth-order valence-electron chi connectivity index (χ4n) is 4.86. The second-order valence-electron chi connectivity index (χ2n) is 6.83. The lowest BCUT2D eigenvalue weighted by molar-refractivity contribution is -0.131. The minimum atomic E-state index is 0.139. The van der Waals surface area contributed by atoms with Gasteiger partial charge in [0.25, 0.3) is 0 Å². The van der Waals surface area contributed by atoms with Crippen LogP contribution in [0.4, 0.5) is 0 Å². The van der Waals surface area contributed by atoms with Gasteiger partial charge in [0.05, 0.1) is 5.38 Å². The number of Topliss-reactive ketones (excluding diaryl/α,β-unsaturated/α-hetero) is 1. The van der Waals surface area contributed by atoms with E-state index in [0.29, 0.717) is 17.6 Å². The zero-order chi connectivity index (χ0) is 13.4. The van der Waals surface area contributed by atoms with Crippen LogP contribution in [0.5, 0.6) is 0 Å². The van der Waals surface area contributed by atoms with Crippen molar-refractivity contribution in [1.82, 2.24) is 0 Å². The van der Waals surface area contributed by atoms with Crippen molar-refractivity contribution in [2.45, 2.75) is 68.5 Å². The maximum absolute atomic E-state index is 12.1. The highest BCUT2D eigenvalue weighted by Crippen LogP contribution is 2.49. The second kappa shape index (κ2) is 5.93. The van der Waals surface area contributed by atoms with E-state index < -0.39 is 0 Å². The van der Waals surface area contributed by atoms with Gasteiger partial charge in [0.15, 0.2) is 0 Å². The molecule has 0 aromatic rings. The summed E-state index contributed by atoms with van der Waals surface area (Å²) in [5.41, 5.74) is 0. The molecule has 3 aliphatic carbocycles. The molecule has 0 heterocycles. The van der Waals surface area contributed by atoms with Crippen LogP contribution in [0.1, 0.15) is 57.8 Å². The number of halogens is 2. The van der Waals surface area contributed by atoms with Gasteiger partial charge in [-0.1, -0.05) is 12.8 Å². The van der Waals surface area contributed by atoms with Gasteiger partial charge in [0.1, 0.15) is 5.78 Å². The van der Waals surface area contributed by atoms with Gasteiger partial charge in [0, 0.05) is 17.7 Å². The third-order valence-electron chi connectivity index (χ3n) is 5.85. The lowest BCUT2D eigenvalue weighted by Gasteiger charge is -2.46. The van der Waals surface area contributed by atoms with Gasteiger partial charge in [-0.05, 0) is 56.3 Å². The summed E-state index contributed by atoms with van der Waals surface area (Å²) in [5, 5.41) is 0.297. The summed E-state index contributed by atoms with van der Waals surface area (Å²) >= 11 is 12.6. The van der Waals surface area contributed by atoms with Crippen molar-refractivity contribution in [2.75, 3.05) is 0 Å². The van der Waals surface area contributed by atoms with Crippen LogP contribution in [0.25, 0.3) is 0 Å². The van der Waals surface area contributed by atoms with Crippen molar-refractivity contribution < 1.29 is 4.79 Å². The topological polar surface area (TPSA) is 17.1 Å². The van der Waals surface area contributed by atoms with E-state index in [1.165, 1.54) is 25.7 Å². The van der Waals surface area contributed by atoms with Crippen LogP contribution in [0.3, 0.4) is 0 Å². The molecule has 0 amide bonds. The number of carbonyl (C=O) groups excluding carboxylic acids is 1. The fraction of sp³-hybridized carbons (Fsp3) is 0.938. The Morgan fingerprint density at radius 1 is 0.842 bits per heavy atom. The molecular formula is C16H24Cl2O. The number of carbonyl (C=O) groups is 1. The molecule has 0 bridgehead atoms. The van der Waals surface area contributed by atoms with Gasteiger partial charge in [-0.3, -0.25) is 4.79 Å². The third-order valence-corrected chi connectivity index (χ3v) is 6.98. The summed E-state index contributed by atoms with van der Waals surface area (Å²) in [7, 11) is 0. The first kappa shape index (κ1) is 14.2. The van der Waals surface area contributed by atoms with Crippen molar-refractivity contribution >= 4 is 29.0 Å². The summed E-state index contributed by atoms with van der Waals surface area (Å²) in [5.74, 6) is 3.06. The van der Waals surface area contributed by atoms with Crippen LogP contribution < -0.4 is 0 Å². The molecule has 0 radical (unpaired) electrons. The van der Waals surface area contributed by atoms with E-state index >= 15 is 0 Å². The average molecular weight is 303 g/mol. The van der Waals surface area contributed by atoms with Crippen molar-refractivity contribution in [3.8, 4) is 0 Å². The number of alkyl halides is 2. The number of fused-ring (bicyclic) bond motifs is 1. The molecule has 3 saturated carbocycles. The Hall–Kier alpha value is 0.250. The monoisotopic (exact) mass is 302 g/mol. The quantitative estimate of drug-likeness (QED) is 0.637. The Kier molecular flexibility index (Phi) is 4.43. The van der Waals surface area contributed by atoms with Gasteiger partial charge < -0.3 is 0 Å². The minimum absolute atomic E-state index is 0.139. The van der Waals surface area contributed by atoms with Crippen LogP contribution in [-0.4, -0.2) is 16.5 Å². The number of hydrogen-bond acceptors (Lipinski definition) is 1. The standard InChI is InChI=1S/C16H24Cl2O/c17-14-7-5-10(9-15(14)18)11-6-8-16(19)13-4-2-1-3-12(11)13/h10-15H,1-9H2/t10?,11-,12?,13?,14?,15?/m1/s1. The number of ketones is 1. The largest absolute Gasteiger partial charge is 0.299 e. The van der Waals surface area contributed by atoms with Crippen molar-refractivity contribution in [3.05, 3.63) is 0 Å². The van der Waals surface area contributed by atoms with Crippen LogP contribution in [0, 0.1) is 23.7 Å². The maximum atomic E-state index is 12.1. The molecule has 0 N–H and O–H groups in total. The molecule has 0 aromatic carbocycles. The Bertz CT molecular complexity index is 344. The molecule has 0 spiro atoms. The Morgan fingerprint density at radius 2 is 1.63 bits per heavy atom. The van der Waals surface area contributed by atoms with Crippen molar-refractivity contribution in [1.29, 1.82) is 0 Å². The van der Waals surface area contributed by atoms with E-state index in [1.807, 2.05) is 0 Å². The predicted octanol–water partition coefficient (Wildman–Crippen LogP) is 4.79. The highest BCUT2D eigenvalue weighted by molar-refractivity contribution is 6.30. The first-order chi connectivity index (χ1) is 9.16. The molecule has 5 unspecified atom stereocenters. The first-order valence-electron chi connectivity index (χ1n) is 7.97. The number of rotatable bonds is 1. The lowest BCUT2D eigenvalue weighted by atomic mass is 9.59. The first-order valence-corrected chi connectivity index (χ1v) is 8.85. The van der Waals surface area contributed by atoms with E-state index in [9.17, 15) is 4.79 Å². The minimum Gasteiger partial charge on any atom is -0.299 e. The second-order valence-corrected chi connectivity index (χ2v) is 7.95. The molecule has 0 saturated heterocycles. The zero-order valence-corrected chi connectivity index (χ0v) is 13.0. The van der Waals surface area contributed by atoms with Crippen LogP contribution in [-0.2, 0) is 4.79 Å². The molecular weight excluding hydrogens is 279 g/mol. The summed E-state index contributed by atoms with van der Waals surface area (Å²) in [6.45, 7) is 0. The zero-order valence-electron chi connectivity index (χ0n) is 11.5. The SMILES string of the molecule is O=C1CC[C@H](C2CCC(Cl)C(Cl)C2)C2CCCCC12. The van der Waals surface area contributed by atoms with Crippen LogP contribution in [0.2, 0.25) is 0 Å². The summed E-state index contributed by atoms with van der Waals surface area (Å²) in [6.07, 6.45) is 10.3. The van der Waals surface area contributed by atoms with E-state index in [0.717, 1.165) is 43.9 Å². The van der Waals surface area contributed by atoms with E-state index in [-0.39, 0.29) is 10.8 Å². The molecule has 19 heavy (non-hydrogen) atoms. The molecule has 108 valence electrons. The molecule has 0 aliphatic heterocycles. The average Bonchev–Trinajstić information content (AvgIpc) is 2.43.